The lowest BCUT2D eigenvalue weighted by molar-refractivity contribution is 0.414. The Kier molecular flexibility index (Phi) is 24.7. The van der Waals surface area contributed by atoms with Gasteiger partial charge in [0.25, 0.3) is 0 Å². The summed E-state index contributed by atoms with van der Waals surface area (Å²) in [6.07, 6.45) is 1.03. The van der Waals surface area contributed by atoms with Gasteiger partial charge in [-0.15, -0.1) is 0 Å². The number of aryl methyl sites for hydroxylation is 16. The molecular formula is C76H92O2. The molecule has 0 saturated carbocycles. The second-order valence-corrected chi connectivity index (χ2v) is 21.9. The third-order valence-corrected chi connectivity index (χ3v) is 15.5. The summed E-state index contributed by atoms with van der Waals surface area (Å²) in [5, 5.41) is 0. The van der Waals surface area contributed by atoms with Crippen molar-refractivity contribution >= 4 is 0 Å². The number of hydrogen-bond donors (Lipinski definition) is 0. The molecule has 0 spiro atoms. The van der Waals surface area contributed by atoms with E-state index in [2.05, 4.69) is 282 Å². The van der Waals surface area contributed by atoms with E-state index in [-0.39, 0.29) is 5.41 Å². The molecule has 408 valence electrons. The van der Waals surface area contributed by atoms with E-state index in [1.807, 2.05) is 24.3 Å². The second kappa shape index (κ2) is 30.5. The highest BCUT2D eigenvalue weighted by atomic mass is 16.5. The van der Waals surface area contributed by atoms with Crippen molar-refractivity contribution in [2.75, 3.05) is 14.2 Å². The molecule has 9 rings (SSSR count). The Morgan fingerprint density at radius 2 is 0.500 bits per heavy atom. The first-order valence-electron chi connectivity index (χ1n) is 27.6. The minimum absolute atomic E-state index is 0.0431. The normalized spacial score (nSPS) is 10.4. The van der Waals surface area contributed by atoms with Gasteiger partial charge in [-0.3, -0.25) is 0 Å². The maximum absolute atomic E-state index is 5.20. The third kappa shape index (κ3) is 19.5. The van der Waals surface area contributed by atoms with Gasteiger partial charge in [-0.1, -0.05) is 172 Å². The first-order valence-corrected chi connectivity index (χ1v) is 27.6. The van der Waals surface area contributed by atoms with Crippen LogP contribution >= 0.6 is 0 Å². The van der Waals surface area contributed by atoms with E-state index < -0.39 is 0 Å². The summed E-state index contributed by atoms with van der Waals surface area (Å²) in [5.41, 5.74) is 29.9. The van der Waals surface area contributed by atoms with Gasteiger partial charge in [0.2, 0.25) is 0 Å². The highest BCUT2D eigenvalue weighted by Crippen LogP contribution is 2.33. The Morgan fingerprint density at radius 1 is 0.256 bits per heavy atom. The van der Waals surface area contributed by atoms with Gasteiger partial charge >= 0.3 is 0 Å². The van der Waals surface area contributed by atoms with Crippen LogP contribution in [0.25, 0.3) is 11.1 Å². The average Bonchev–Trinajstić information content (AvgIpc) is 3.44. The van der Waals surface area contributed by atoms with Gasteiger partial charge in [-0.05, 0) is 264 Å². The molecule has 0 N–H and O–H groups in total. The maximum Gasteiger partial charge on any atom is 0.118 e. The second-order valence-electron chi connectivity index (χ2n) is 21.9. The molecule has 0 aromatic heterocycles. The Bertz CT molecular complexity index is 3010. The molecule has 78 heavy (non-hydrogen) atoms. The molecule has 0 saturated heterocycles. The van der Waals surface area contributed by atoms with Crippen molar-refractivity contribution in [2.24, 2.45) is 0 Å². The van der Waals surface area contributed by atoms with Crippen molar-refractivity contribution in [1.82, 2.24) is 0 Å². The van der Waals surface area contributed by atoms with E-state index in [0.29, 0.717) is 0 Å². The van der Waals surface area contributed by atoms with Gasteiger partial charge < -0.3 is 9.47 Å². The van der Waals surface area contributed by atoms with E-state index in [9.17, 15) is 0 Å². The summed E-state index contributed by atoms with van der Waals surface area (Å²) < 4.78 is 10.4. The first-order chi connectivity index (χ1) is 36.9. The fraction of sp³-hybridized carbons (Fsp3) is 0.289. The molecule has 0 atom stereocenters. The zero-order chi connectivity index (χ0) is 57.7. The molecule has 0 radical (unpaired) electrons. The van der Waals surface area contributed by atoms with Gasteiger partial charge in [0.1, 0.15) is 11.5 Å². The highest BCUT2D eigenvalue weighted by molar-refractivity contribution is 5.66. The molecular weight excluding hydrogens is 945 g/mol. The summed E-state index contributed by atoms with van der Waals surface area (Å²) in [7, 11) is 3.37. The van der Waals surface area contributed by atoms with Crippen LogP contribution < -0.4 is 9.47 Å². The topological polar surface area (TPSA) is 18.5 Å². The van der Waals surface area contributed by atoms with Crippen molar-refractivity contribution in [2.45, 2.75) is 136 Å². The standard InChI is InChI=1S/C17H20O2.C17H20.C16H18.C10H14.2C8H10/c1-17(2,13-5-9-15(18-3)10-6-13)14-7-11-16(19-4)12-8-14;1-12-5-7-16(9-14(12)3)11-17-8-6-13(2)15(4)10-17;1-11-5-7-15(9-13(11)3)16-8-6-12(2)14(4)10-16;1-7-5-9(3)10(4)6-8(7)2;2*1-7-5-3-4-6-8(7)2/h5-12H,1-4H3;5-10H,11H2,1-4H3;5-10H,1-4H3;5-6H,1-4H3;2*3-6H,1-2H3. The fourth-order valence-electron chi connectivity index (χ4n) is 8.52. The van der Waals surface area contributed by atoms with E-state index in [0.717, 1.165) is 17.9 Å². The van der Waals surface area contributed by atoms with Gasteiger partial charge in [0.05, 0.1) is 14.2 Å². The zero-order valence-electron chi connectivity index (χ0n) is 51.3. The molecule has 0 aliphatic carbocycles. The summed E-state index contributed by atoms with van der Waals surface area (Å²) in [5.74, 6) is 1.77. The maximum atomic E-state index is 5.20. The molecule has 9 aromatic rings. The molecule has 0 bridgehead atoms. The van der Waals surface area contributed by atoms with Crippen molar-refractivity contribution in [3.8, 4) is 22.6 Å². The van der Waals surface area contributed by atoms with Crippen LogP contribution in [0.2, 0.25) is 0 Å². The summed E-state index contributed by atoms with van der Waals surface area (Å²) in [6, 6.07) is 64.5. The van der Waals surface area contributed by atoms with Gasteiger partial charge in [0.15, 0.2) is 0 Å². The molecule has 9 aromatic carbocycles. The number of methoxy groups -OCH3 is 2. The smallest absolute Gasteiger partial charge is 0.118 e. The number of ether oxygens (including phenoxy) is 2. The lowest BCUT2D eigenvalue weighted by atomic mass is 9.78. The molecule has 0 aliphatic heterocycles. The van der Waals surface area contributed by atoms with Crippen LogP contribution in [-0.2, 0) is 11.8 Å². The summed E-state index contributed by atoms with van der Waals surface area (Å²) in [4.78, 5) is 0. The monoisotopic (exact) mass is 1040 g/mol. The summed E-state index contributed by atoms with van der Waals surface area (Å²) in [6.45, 7) is 38.9. The molecule has 2 heteroatoms. The van der Waals surface area contributed by atoms with Crippen LogP contribution in [-0.4, -0.2) is 14.2 Å². The fourth-order valence-corrected chi connectivity index (χ4v) is 8.52. The predicted octanol–water partition coefficient (Wildman–Crippen LogP) is 20.7. The van der Waals surface area contributed by atoms with Crippen molar-refractivity contribution in [1.29, 1.82) is 0 Å². The minimum Gasteiger partial charge on any atom is -0.497 e. The van der Waals surface area contributed by atoms with E-state index >= 15 is 0 Å². The lowest BCUT2D eigenvalue weighted by Gasteiger charge is -2.26. The quantitative estimate of drug-likeness (QED) is 0.158. The Balaban J connectivity index is 0.000000208. The number of rotatable bonds is 7. The average molecular weight is 1040 g/mol. The Labute approximate surface area is 473 Å². The Hall–Kier alpha value is -7.42. The van der Waals surface area contributed by atoms with Crippen LogP contribution in [0.5, 0.6) is 11.5 Å². The molecule has 0 fully saturated rings. The van der Waals surface area contributed by atoms with Gasteiger partial charge in [-0.25, -0.2) is 0 Å². The first kappa shape index (κ1) is 63.1. The summed E-state index contributed by atoms with van der Waals surface area (Å²) >= 11 is 0. The molecule has 0 heterocycles. The minimum atomic E-state index is -0.0431. The van der Waals surface area contributed by atoms with Crippen LogP contribution in [0.1, 0.15) is 125 Å². The molecule has 2 nitrogen and oxygen atoms in total. The van der Waals surface area contributed by atoms with Gasteiger partial charge in [-0.2, -0.15) is 0 Å². The van der Waals surface area contributed by atoms with Crippen LogP contribution in [0.3, 0.4) is 0 Å². The van der Waals surface area contributed by atoms with E-state index in [1.165, 1.54) is 122 Å². The third-order valence-electron chi connectivity index (χ3n) is 15.5. The van der Waals surface area contributed by atoms with Gasteiger partial charge in [0, 0.05) is 5.41 Å². The zero-order valence-corrected chi connectivity index (χ0v) is 51.3. The number of benzene rings is 9. The SMILES string of the molecule is COc1ccc(C(C)(C)c2ccc(OC)cc2)cc1.Cc1cc(C)c(C)cc1C.Cc1ccc(-c2ccc(C)c(C)c2)cc1C.Cc1ccc(Cc2ccc(C)c(C)c2)cc1C.Cc1ccccc1C.Cc1ccccc1C. The Morgan fingerprint density at radius 3 is 0.744 bits per heavy atom. The molecule has 0 unspecified atom stereocenters. The van der Waals surface area contributed by atoms with E-state index in [4.69, 9.17) is 9.47 Å². The van der Waals surface area contributed by atoms with Crippen LogP contribution in [0.15, 0.2) is 182 Å². The van der Waals surface area contributed by atoms with Crippen molar-refractivity contribution in [3.05, 3.63) is 293 Å². The number of hydrogen-bond acceptors (Lipinski definition) is 2. The lowest BCUT2D eigenvalue weighted by Crippen LogP contribution is -2.18. The largest absolute Gasteiger partial charge is 0.497 e. The van der Waals surface area contributed by atoms with Crippen molar-refractivity contribution < 1.29 is 9.47 Å². The highest BCUT2D eigenvalue weighted by Gasteiger charge is 2.23. The predicted molar refractivity (Wildman–Crippen MR) is 341 cm³/mol. The van der Waals surface area contributed by atoms with E-state index in [1.54, 1.807) is 14.2 Å². The molecule has 0 amide bonds. The molecule has 0 aliphatic rings. The van der Waals surface area contributed by atoms with Crippen LogP contribution in [0.4, 0.5) is 0 Å². The van der Waals surface area contributed by atoms with Crippen molar-refractivity contribution in [3.63, 3.8) is 0 Å². The van der Waals surface area contributed by atoms with Crippen LogP contribution in [0, 0.1) is 111 Å².